The van der Waals surface area contributed by atoms with Crippen molar-refractivity contribution in [1.82, 2.24) is 9.62 Å². The average molecular weight is 296 g/mol. The number of sulfonamides is 1. The number of nitrogens with one attached hydrogen (secondary N) is 1. The van der Waals surface area contributed by atoms with Gasteiger partial charge in [0.05, 0.1) is 4.90 Å². The van der Waals surface area contributed by atoms with Crippen molar-refractivity contribution >= 4 is 10.0 Å². The zero-order valence-electron chi connectivity index (χ0n) is 12.5. The molecule has 2 rings (SSSR count). The van der Waals surface area contributed by atoms with Crippen molar-refractivity contribution in [3.63, 3.8) is 0 Å². The molecule has 1 atom stereocenters. The Labute approximate surface area is 122 Å². The van der Waals surface area contributed by atoms with Crippen molar-refractivity contribution in [3.05, 3.63) is 29.3 Å². The number of nitrogens with zero attached hydrogens (tertiary/aromatic N) is 1. The average Bonchev–Trinajstić information content (AvgIpc) is 2.39. The highest BCUT2D eigenvalue weighted by atomic mass is 32.2. The predicted octanol–water partition coefficient (Wildman–Crippen LogP) is 1.92. The second-order valence-electron chi connectivity index (χ2n) is 5.77. The first-order valence-electron chi connectivity index (χ1n) is 7.15. The monoisotopic (exact) mass is 296 g/mol. The molecule has 20 heavy (non-hydrogen) atoms. The number of rotatable bonds is 4. The van der Waals surface area contributed by atoms with Gasteiger partial charge in [-0.3, -0.25) is 0 Å². The normalized spacial score (nSPS) is 20.3. The molecule has 1 unspecified atom stereocenters. The second-order valence-corrected chi connectivity index (χ2v) is 7.78. The summed E-state index contributed by atoms with van der Waals surface area (Å²) in [6, 6.07) is 5.49. The highest BCUT2D eigenvalue weighted by Gasteiger charge is 2.25. The summed E-state index contributed by atoms with van der Waals surface area (Å²) in [7, 11) is -1.70. The van der Waals surface area contributed by atoms with Gasteiger partial charge in [-0.05, 0) is 57.3 Å². The zero-order valence-corrected chi connectivity index (χ0v) is 13.3. The molecular formula is C15H24N2O2S. The van der Waals surface area contributed by atoms with Crippen LogP contribution in [0.15, 0.2) is 23.1 Å². The standard InChI is InChI=1S/C15H24N2O2S/c1-12-6-7-15(13(2)9-12)20(18,19)17(3)11-14-5-4-8-16-10-14/h6-7,9,14,16H,4-5,8,10-11H2,1-3H3. The van der Waals surface area contributed by atoms with Crippen LogP contribution >= 0.6 is 0 Å². The van der Waals surface area contributed by atoms with Crippen LogP contribution in [0.4, 0.5) is 0 Å². The van der Waals surface area contributed by atoms with Gasteiger partial charge in [0.15, 0.2) is 0 Å². The Balaban J connectivity index is 2.16. The topological polar surface area (TPSA) is 49.4 Å². The summed E-state index contributed by atoms with van der Waals surface area (Å²) in [5.74, 6) is 0.411. The van der Waals surface area contributed by atoms with E-state index in [0.717, 1.165) is 37.1 Å². The van der Waals surface area contributed by atoms with E-state index in [1.54, 1.807) is 13.1 Å². The van der Waals surface area contributed by atoms with E-state index >= 15 is 0 Å². The van der Waals surface area contributed by atoms with Gasteiger partial charge in [0.1, 0.15) is 0 Å². The molecule has 5 heteroatoms. The molecule has 0 saturated carbocycles. The molecule has 0 bridgehead atoms. The van der Waals surface area contributed by atoms with Crippen molar-refractivity contribution in [3.8, 4) is 0 Å². The fourth-order valence-corrected chi connectivity index (χ4v) is 4.25. The molecule has 0 amide bonds. The summed E-state index contributed by atoms with van der Waals surface area (Å²) in [5, 5.41) is 3.33. The highest BCUT2D eigenvalue weighted by Crippen LogP contribution is 2.22. The molecule has 4 nitrogen and oxygen atoms in total. The van der Waals surface area contributed by atoms with E-state index in [0.29, 0.717) is 17.4 Å². The Bertz CT molecular complexity index is 563. The molecule has 0 aromatic heterocycles. The Morgan fingerprint density at radius 2 is 2.10 bits per heavy atom. The van der Waals surface area contributed by atoms with E-state index in [9.17, 15) is 8.42 Å². The van der Waals surface area contributed by atoms with Gasteiger partial charge in [0.2, 0.25) is 10.0 Å². The van der Waals surface area contributed by atoms with Crippen LogP contribution in [0.25, 0.3) is 0 Å². The van der Waals surface area contributed by atoms with Gasteiger partial charge in [0.25, 0.3) is 0 Å². The third kappa shape index (κ3) is 3.40. The molecule has 1 aliphatic heterocycles. The molecule has 1 fully saturated rings. The summed E-state index contributed by atoms with van der Waals surface area (Å²) in [5.41, 5.74) is 1.90. The fourth-order valence-electron chi connectivity index (χ4n) is 2.80. The van der Waals surface area contributed by atoms with Gasteiger partial charge >= 0.3 is 0 Å². The van der Waals surface area contributed by atoms with E-state index in [1.807, 2.05) is 26.0 Å². The van der Waals surface area contributed by atoms with Crippen LogP contribution in [0, 0.1) is 19.8 Å². The van der Waals surface area contributed by atoms with Gasteiger partial charge in [-0.15, -0.1) is 0 Å². The lowest BCUT2D eigenvalue weighted by atomic mass is 10.00. The van der Waals surface area contributed by atoms with E-state index in [2.05, 4.69) is 5.32 Å². The van der Waals surface area contributed by atoms with Crippen LogP contribution in [-0.4, -0.2) is 39.4 Å². The van der Waals surface area contributed by atoms with Crippen LogP contribution in [0.5, 0.6) is 0 Å². The molecule has 0 aliphatic carbocycles. The number of benzene rings is 1. The number of hydrogen-bond acceptors (Lipinski definition) is 3. The van der Waals surface area contributed by atoms with Gasteiger partial charge in [0, 0.05) is 13.6 Å². The minimum Gasteiger partial charge on any atom is -0.316 e. The first-order valence-corrected chi connectivity index (χ1v) is 8.59. The minimum absolute atomic E-state index is 0.411. The summed E-state index contributed by atoms with van der Waals surface area (Å²) >= 11 is 0. The lowest BCUT2D eigenvalue weighted by molar-refractivity contribution is 0.314. The lowest BCUT2D eigenvalue weighted by Crippen LogP contribution is -2.39. The minimum atomic E-state index is -3.38. The van der Waals surface area contributed by atoms with Crippen LogP contribution in [0.1, 0.15) is 24.0 Å². The summed E-state index contributed by atoms with van der Waals surface area (Å²) in [6.07, 6.45) is 2.22. The maximum Gasteiger partial charge on any atom is 0.243 e. The first-order chi connectivity index (χ1) is 9.41. The lowest BCUT2D eigenvalue weighted by Gasteiger charge is -2.27. The van der Waals surface area contributed by atoms with Crippen molar-refractivity contribution in [2.24, 2.45) is 5.92 Å². The Kier molecular flexibility index (Phi) is 4.83. The maximum atomic E-state index is 12.6. The van der Waals surface area contributed by atoms with Crippen LogP contribution in [-0.2, 0) is 10.0 Å². The Hall–Kier alpha value is -0.910. The van der Waals surface area contributed by atoms with Crippen molar-refractivity contribution in [2.75, 3.05) is 26.7 Å². The van der Waals surface area contributed by atoms with Gasteiger partial charge in [-0.25, -0.2) is 12.7 Å². The third-order valence-corrected chi connectivity index (χ3v) is 5.92. The Morgan fingerprint density at radius 3 is 2.70 bits per heavy atom. The molecule has 1 saturated heterocycles. The zero-order chi connectivity index (χ0) is 14.8. The number of aryl methyl sites for hydroxylation is 2. The molecule has 112 valence electrons. The van der Waals surface area contributed by atoms with Crippen molar-refractivity contribution in [1.29, 1.82) is 0 Å². The SMILES string of the molecule is Cc1ccc(S(=O)(=O)N(C)CC2CCCNC2)c(C)c1. The van der Waals surface area contributed by atoms with E-state index in [4.69, 9.17) is 0 Å². The van der Waals surface area contributed by atoms with Crippen LogP contribution < -0.4 is 5.32 Å². The molecule has 1 N–H and O–H groups in total. The van der Waals surface area contributed by atoms with Crippen molar-refractivity contribution < 1.29 is 8.42 Å². The largest absolute Gasteiger partial charge is 0.316 e. The molecule has 1 aromatic rings. The number of hydrogen-bond donors (Lipinski definition) is 1. The van der Waals surface area contributed by atoms with Crippen LogP contribution in [0.2, 0.25) is 0 Å². The molecule has 0 spiro atoms. The quantitative estimate of drug-likeness (QED) is 0.923. The van der Waals surface area contributed by atoms with E-state index < -0.39 is 10.0 Å². The molecular weight excluding hydrogens is 272 g/mol. The molecule has 0 radical (unpaired) electrons. The molecule has 1 aliphatic rings. The van der Waals surface area contributed by atoms with E-state index in [1.165, 1.54) is 4.31 Å². The maximum absolute atomic E-state index is 12.6. The van der Waals surface area contributed by atoms with Crippen LogP contribution in [0.3, 0.4) is 0 Å². The summed E-state index contributed by atoms with van der Waals surface area (Å²) < 4.78 is 26.8. The summed E-state index contributed by atoms with van der Waals surface area (Å²) in [6.45, 7) is 6.37. The second kappa shape index (κ2) is 6.24. The highest BCUT2D eigenvalue weighted by molar-refractivity contribution is 7.89. The van der Waals surface area contributed by atoms with Gasteiger partial charge < -0.3 is 5.32 Å². The Morgan fingerprint density at radius 1 is 1.35 bits per heavy atom. The first kappa shape index (κ1) is 15.5. The smallest absolute Gasteiger partial charge is 0.243 e. The fraction of sp³-hybridized carbons (Fsp3) is 0.600. The predicted molar refractivity (Wildman–Crippen MR) is 81.3 cm³/mol. The van der Waals surface area contributed by atoms with Gasteiger partial charge in [-0.1, -0.05) is 17.7 Å². The summed E-state index contributed by atoms with van der Waals surface area (Å²) in [4.78, 5) is 0.425. The third-order valence-electron chi connectivity index (χ3n) is 3.93. The van der Waals surface area contributed by atoms with Gasteiger partial charge in [-0.2, -0.15) is 0 Å². The molecule has 1 heterocycles. The molecule has 1 aromatic carbocycles. The van der Waals surface area contributed by atoms with Crippen molar-refractivity contribution in [2.45, 2.75) is 31.6 Å². The number of piperidine rings is 1. The van der Waals surface area contributed by atoms with E-state index in [-0.39, 0.29) is 0 Å².